The van der Waals surface area contributed by atoms with Gasteiger partial charge in [-0.3, -0.25) is 4.79 Å². The second-order valence-corrected chi connectivity index (χ2v) is 6.87. The number of amides is 1. The minimum absolute atomic E-state index is 0.177. The molecule has 1 heterocycles. The molecule has 0 unspecified atom stereocenters. The van der Waals surface area contributed by atoms with Crippen molar-refractivity contribution < 1.29 is 18.0 Å². The van der Waals surface area contributed by atoms with E-state index in [1.165, 1.54) is 12.1 Å². The number of fused-ring (bicyclic) bond motifs is 1. The molecule has 0 aliphatic carbocycles. The van der Waals surface area contributed by atoms with E-state index in [0.29, 0.717) is 16.7 Å². The average molecular weight is 420 g/mol. The Hall–Kier alpha value is -4.12. The number of carbonyl (C=O) groups is 1. The second kappa shape index (κ2) is 7.95. The number of nitriles is 1. The van der Waals surface area contributed by atoms with Gasteiger partial charge in [0.2, 0.25) is 5.82 Å². The Bertz CT molecular complexity index is 1290. The molecule has 0 bridgehead atoms. The van der Waals surface area contributed by atoms with Crippen molar-refractivity contribution in [1.82, 2.24) is 15.3 Å². The van der Waals surface area contributed by atoms with E-state index < -0.39 is 23.9 Å². The summed E-state index contributed by atoms with van der Waals surface area (Å²) in [4.78, 5) is 18.8. The monoisotopic (exact) mass is 420 g/mol. The standard InChI is InChI=1S/C23H15F3N4O/c24-23(25,26)22-28-18-10-9-16(12-19(18)29-22)20(15-6-2-1-3-7-15)30-21(31)17-8-4-5-14(11-17)13-27/h1-12,20H,(H,28,29)(H,30,31)/t20-/m0/s1. The van der Waals surface area contributed by atoms with Crippen molar-refractivity contribution in [2.24, 2.45) is 0 Å². The molecule has 0 aliphatic rings. The van der Waals surface area contributed by atoms with E-state index in [-0.39, 0.29) is 11.0 Å². The van der Waals surface area contributed by atoms with E-state index in [1.54, 1.807) is 42.5 Å². The Balaban J connectivity index is 1.73. The molecule has 0 fully saturated rings. The Morgan fingerprint density at radius 3 is 2.48 bits per heavy atom. The Morgan fingerprint density at radius 1 is 1.00 bits per heavy atom. The van der Waals surface area contributed by atoms with Gasteiger partial charge in [0.05, 0.1) is 28.7 Å². The number of rotatable bonds is 4. The van der Waals surface area contributed by atoms with Gasteiger partial charge in [0.15, 0.2) is 0 Å². The van der Waals surface area contributed by atoms with Crippen LogP contribution in [0.15, 0.2) is 72.8 Å². The molecule has 5 nitrogen and oxygen atoms in total. The van der Waals surface area contributed by atoms with Gasteiger partial charge in [-0.1, -0.05) is 42.5 Å². The van der Waals surface area contributed by atoms with E-state index >= 15 is 0 Å². The van der Waals surface area contributed by atoms with Gasteiger partial charge in [-0.2, -0.15) is 18.4 Å². The first-order valence-corrected chi connectivity index (χ1v) is 9.28. The summed E-state index contributed by atoms with van der Waals surface area (Å²) in [7, 11) is 0. The Morgan fingerprint density at radius 2 is 1.77 bits per heavy atom. The summed E-state index contributed by atoms with van der Waals surface area (Å²) in [6, 6.07) is 21.4. The highest BCUT2D eigenvalue weighted by Gasteiger charge is 2.34. The molecule has 4 rings (SSSR count). The number of alkyl halides is 3. The van der Waals surface area contributed by atoms with Gasteiger partial charge < -0.3 is 10.3 Å². The van der Waals surface area contributed by atoms with Crippen LogP contribution >= 0.6 is 0 Å². The van der Waals surface area contributed by atoms with Crippen LogP contribution in [0.5, 0.6) is 0 Å². The van der Waals surface area contributed by atoms with Crippen LogP contribution in [0.4, 0.5) is 13.2 Å². The number of aromatic amines is 1. The van der Waals surface area contributed by atoms with E-state index in [9.17, 15) is 18.0 Å². The number of hydrogen-bond acceptors (Lipinski definition) is 3. The zero-order valence-corrected chi connectivity index (χ0v) is 15.9. The van der Waals surface area contributed by atoms with Crippen LogP contribution in [0.1, 0.15) is 38.9 Å². The summed E-state index contributed by atoms with van der Waals surface area (Å²) in [6.07, 6.45) is -4.59. The fraction of sp³-hybridized carbons (Fsp3) is 0.0870. The third kappa shape index (κ3) is 4.26. The van der Waals surface area contributed by atoms with Crippen molar-refractivity contribution in [2.75, 3.05) is 0 Å². The first kappa shape index (κ1) is 20.2. The fourth-order valence-corrected chi connectivity index (χ4v) is 3.29. The fourth-order valence-electron chi connectivity index (χ4n) is 3.29. The van der Waals surface area contributed by atoms with Gasteiger partial charge in [-0.15, -0.1) is 0 Å². The lowest BCUT2D eigenvalue weighted by molar-refractivity contribution is -0.144. The molecule has 154 valence electrons. The molecule has 0 saturated heterocycles. The number of H-pyrrole nitrogens is 1. The quantitative estimate of drug-likeness (QED) is 0.489. The van der Waals surface area contributed by atoms with E-state index in [2.05, 4.69) is 15.3 Å². The van der Waals surface area contributed by atoms with Crippen LogP contribution in [0.3, 0.4) is 0 Å². The predicted octanol–water partition coefficient (Wildman–Crippen LogP) is 4.97. The molecule has 3 aromatic carbocycles. The van der Waals surface area contributed by atoms with E-state index in [0.717, 1.165) is 5.56 Å². The first-order chi connectivity index (χ1) is 14.8. The van der Waals surface area contributed by atoms with Crippen LogP contribution < -0.4 is 5.32 Å². The van der Waals surface area contributed by atoms with E-state index in [1.807, 2.05) is 24.3 Å². The molecule has 0 aliphatic heterocycles. The molecule has 1 aromatic heterocycles. The summed E-state index contributed by atoms with van der Waals surface area (Å²) in [6.45, 7) is 0. The lowest BCUT2D eigenvalue weighted by Crippen LogP contribution is -2.29. The van der Waals surface area contributed by atoms with Crippen molar-refractivity contribution in [2.45, 2.75) is 12.2 Å². The second-order valence-electron chi connectivity index (χ2n) is 6.87. The highest BCUT2D eigenvalue weighted by atomic mass is 19.4. The van der Waals surface area contributed by atoms with Crippen molar-refractivity contribution in [3.63, 3.8) is 0 Å². The smallest absolute Gasteiger partial charge is 0.341 e. The lowest BCUT2D eigenvalue weighted by atomic mass is 9.97. The zero-order valence-electron chi connectivity index (χ0n) is 15.9. The number of carbonyl (C=O) groups excluding carboxylic acids is 1. The predicted molar refractivity (Wildman–Crippen MR) is 108 cm³/mol. The molecule has 31 heavy (non-hydrogen) atoms. The third-order valence-corrected chi connectivity index (χ3v) is 4.77. The van der Waals surface area contributed by atoms with Crippen LogP contribution in [0.2, 0.25) is 0 Å². The Kier molecular flexibility index (Phi) is 5.17. The molecule has 2 N–H and O–H groups in total. The zero-order chi connectivity index (χ0) is 22.0. The number of nitrogens with zero attached hydrogens (tertiary/aromatic N) is 2. The van der Waals surface area contributed by atoms with Gasteiger partial charge in [0.1, 0.15) is 0 Å². The molecule has 0 radical (unpaired) electrons. The maximum Gasteiger partial charge on any atom is 0.449 e. The van der Waals surface area contributed by atoms with Gasteiger partial charge in [-0.25, -0.2) is 4.98 Å². The minimum Gasteiger partial charge on any atom is -0.341 e. The third-order valence-electron chi connectivity index (χ3n) is 4.77. The maximum absolute atomic E-state index is 13.0. The highest BCUT2D eigenvalue weighted by molar-refractivity contribution is 5.95. The van der Waals surface area contributed by atoms with E-state index in [4.69, 9.17) is 5.26 Å². The summed E-state index contributed by atoms with van der Waals surface area (Å²) >= 11 is 0. The molecule has 1 atom stereocenters. The van der Waals surface area contributed by atoms with Crippen LogP contribution in [-0.2, 0) is 6.18 Å². The van der Waals surface area contributed by atoms with Crippen molar-refractivity contribution in [3.05, 3.63) is 101 Å². The summed E-state index contributed by atoms with van der Waals surface area (Å²) in [5.74, 6) is -1.49. The number of benzene rings is 3. The lowest BCUT2D eigenvalue weighted by Gasteiger charge is -2.20. The molecule has 0 saturated carbocycles. The topological polar surface area (TPSA) is 81.6 Å². The van der Waals surface area contributed by atoms with Crippen molar-refractivity contribution in [3.8, 4) is 6.07 Å². The van der Waals surface area contributed by atoms with Crippen LogP contribution in [0, 0.1) is 11.3 Å². The normalized spacial score (nSPS) is 12.3. The number of imidazole rings is 1. The molecular formula is C23H15F3N4O. The largest absolute Gasteiger partial charge is 0.449 e. The number of hydrogen-bond donors (Lipinski definition) is 2. The molecule has 4 aromatic rings. The van der Waals surface area contributed by atoms with Crippen molar-refractivity contribution >= 4 is 16.9 Å². The number of nitrogens with one attached hydrogen (secondary N) is 2. The SMILES string of the molecule is N#Cc1cccc(C(=O)N[C@@H](c2ccccc2)c2ccc3nc(C(F)(F)F)[nH]c3c2)c1. The van der Waals surface area contributed by atoms with Crippen LogP contribution in [0.25, 0.3) is 11.0 Å². The molecule has 8 heteroatoms. The summed E-state index contributed by atoms with van der Waals surface area (Å²) < 4.78 is 39.0. The summed E-state index contributed by atoms with van der Waals surface area (Å²) in [5, 5.41) is 12.0. The van der Waals surface area contributed by atoms with Crippen molar-refractivity contribution in [1.29, 1.82) is 5.26 Å². The van der Waals surface area contributed by atoms with Gasteiger partial charge in [0.25, 0.3) is 5.91 Å². The molecule has 0 spiro atoms. The summed E-state index contributed by atoms with van der Waals surface area (Å²) in [5.41, 5.74) is 2.38. The van der Waals surface area contributed by atoms with Gasteiger partial charge in [0, 0.05) is 5.56 Å². The van der Waals surface area contributed by atoms with Crippen LogP contribution in [-0.4, -0.2) is 15.9 Å². The average Bonchev–Trinajstić information content (AvgIpc) is 3.22. The minimum atomic E-state index is -4.59. The first-order valence-electron chi connectivity index (χ1n) is 9.28. The Labute approximate surface area is 175 Å². The highest BCUT2D eigenvalue weighted by Crippen LogP contribution is 2.30. The molecular weight excluding hydrogens is 405 g/mol. The molecule has 1 amide bonds. The van der Waals surface area contributed by atoms with Gasteiger partial charge in [-0.05, 0) is 41.5 Å². The number of halogens is 3. The number of aromatic nitrogens is 2. The maximum atomic E-state index is 13.0. The van der Waals surface area contributed by atoms with Gasteiger partial charge >= 0.3 is 6.18 Å².